The zero-order valence-corrected chi connectivity index (χ0v) is 16.7. The number of hydrogen-bond acceptors (Lipinski definition) is 6. The van der Waals surface area contributed by atoms with Crippen molar-refractivity contribution in [1.82, 2.24) is 0 Å². The van der Waals surface area contributed by atoms with Gasteiger partial charge in [-0.15, -0.1) is 0 Å². The van der Waals surface area contributed by atoms with Gasteiger partial charge in [-0.05, 0) is 61.9 Å². The summed E-state index contributed by atoms with van der Waals surface area (Å²) in [4.78, 5) is 35.5. The van der Waals surface area contributed by atoms with E-state index < -0.39 is 18.0 Å². The van der Waals surface area contributed by atoms with Crippen molar-refractivity contribution < 1.29 is 28.6 Å². The van der Waals surface area contributed by atoms with Gasteiger partial charge in [0, 0.05) is 17.3 Å². The summed E-state index contributed by atoms with van der Waals surface area (Å²) in [5, 5.41) is 2.63. The molecule has 1 atom stereocenters. The molecule has 0 fully saturated rings. The predicted molar refractivity (Wildman–Crippen MR) is 109 cm³/mol. The van der Waals surface area contributed by atoms with Gasteiger partial charge in [-0.1, -0.05) is 6.07 Å². The van der Waals surface area contributed by atoms with Crippen LogP contribution in [0, 0.1) is 0 Å². The van der Waals surface area contributed by atoms with E-state index in [4.69, 9.17) is 14.2 Å². The predicted octanol–water partition coefficient (Wildman–Crippen LogP) is 3.49. The first kappa shape index (κ1) is 21.7. The molecule has 0 spiro atoms. The second-order valence-electron chi connectivity index (χ2n) is 6.15. The fraction of sp³-hybridized carbons (Fsp3) is 0.227. The Kier molecular flexibility index (Phi) is 7.54. The number of esters is 1. The largest absolute Gasteiger partial charge is 0.493 e. The van der Waals surface area contributed by atoms with Crippen molar-refractivity contribution in [3.63, 3.8) is 0 Å². The van der Waals surface area contributed by atoms with Crippen LogP contribution in [0.2, 0.25) is 0 Å². The first-order valence-electron chi connectivity index (χ1n) is 8.86. The van der Waals surface area contributed by atoms with Crippen molar-refractivity contribution in [1.29, 1.82) is 0 Å². The van der Waals surface area contributed by atoms with Crippen molar-refractivity contribution in [2.75, 3.05) is 19.5 Å². The maximum atomic E-state index is 12.2. The van der Waals surface area contributed by atoms with E-state index >= 15 is 0 Å². The van der Waals surface area contributed by atoms with Gasteiger partial charge in [0.2, 0.25) is 0 Å². The van der Waals surface area contributed by atoms with Crippen LogP contribution in [-0.4, -0.2) is 38.0 Å². The van der Waals surface area contributed by atoms with Crippen LogP contribution in [0.4, 0.5) is 5.69 Å². The number of nitrogens with one attached hydrogen (secondary N) is 1. The summed E-state index contributed by atoms with van der Waals surface area (Å²) in [7, 11) is 3.06. The Morgan fingerprint density at radius 1 is 0.966 bits per heavy atom. The molecule has 0 unspecified atom stereocenters. The van der Waals surface area contributed by atoms with E-state index in [0.717, 1.165) is 0 Å². The van der Waals surface area contributed by atoms with Crippen LogP contribution in [0.3, 0.4) is 0 Å². The highest BCUT2D eigenvalue weighted by Gasteiger charge is 2.17. The van der Waals surface area contributed by atoms with Crippen LogP contribution in [0.25, 0.3) is 6.08 Å². The summed E-state index contributed by atoms with van der Waals surface area (Å²) in [5.41, 5.74) is 1.76. The number of Topliss-reactive ketones (excluding diaryl/α,β-unsaturated/α-hetero) is 1. The van der Waals surface area contributed by atoms with Crippen LogP contribution in [-0.2, 0) is 14.3 Å². The van der Waals surface area contributed by atoms with Crippen molar-refractivity contribution in [2.24, 2.45) is 0 Å². The van der Waals surface area contributed by atoms with E-state index in [0.29, 0.717) is 28.3 Å². The Morgan fingerprint density at radius 2 is 1.62 bits per heavy atom. The summed E-state index contributed by atoms with van der Waals surface area (Å²) < 4.78 is 15.5. The Balaban J connectivity index is 1.93. The first-order chi connectivity index (χ1) is 13.8. The number of methoxy groups -OCH3 is 2. The molecule has 1 amide bonds. The van der Waals surface area contributed by atoms with Crippen molar-refractivity contribution in [2.45, 2.75) is 20.0 Å². The molecule has 0 bridgehead atoms. The van der Waals surface area contributed by atoms with Gasteiger partial charge in [-0.3, -0.25) is 9.59 Å². The normalized spacial score (nSPS) is 11.6. The number of rotatable bonds is 8. The van der Waals surface area contributed by atoms with Gasteiger partial charge in [0.15, 0.2) is 23.4 Å². The molecule has 0 aliphatic carbocycles. The van der Waals surface area contributed by atoms with Crippen LogP contribution >= 0.6 is 0 Å². The highest BCUT2D eigenvalue weighted by Crippen LogP contribution is 2.27. The van der Waals surface area contributed by atoms with E-state index in [1.807, 2.05) is 0 Å². The number of amides is 1. The van der Waals surface area contributed by atoms with Crippen LogP contribution in [0.15, 0.2) is 48.5 Å². The molecule has 7 nitrogen and oxygen atoms in total. The molecular formula is C22H23NO6. The van der Waals surface area contributed by atoms with Gasteiger partial charge in [-0.25, -0.2) is 4.79 Å². The summed E-state index contributed by atoms with van der Waals surface area (Å²) in [6, 6.07) is 11.6. The number of ether oxygens (including phenoxy) is 3. The highest BCUT2D eigenvalue weighted by atomic mass is 16.5. The van der Waals surface area contributed by atoms with Gasteiger partial charge in [-0.2, -0.15) is 0 Å². The van der Waals surface area contributed by atoms with E-state index in [1.54, 1.807) is 48.5 Å². The second kappa shape index (κ2) is 10.1. The number of anilines is 1. The lowest BCUT2D eigenvalue weighted by molar-refractivity contribution is -0.148. The zero-order valence-electron chi connectivity index (χ0n) is 16.7. The molecular weight excluding hydrogens is 374 g/mol. The third-order valence-electron chi connectivity index (χ3n) is 4.04. The summed E-state index contributed by atoms with van der Waals surface area (Å²) in [6.07, 6.45) is 1.78. The Bertz CT molecular complexity index is 917. The molecule has 0 aliphatic heterocycles. The Morgan fingerprint density at radius 3 is 2.21 bits per heavy atom. The maximum absolute atomic E-state index is 12.2. The van der Waals surface area contributed by atoms with Gasteiger partial charge in [0.1, 0.15) is 0 Å². The van der Waals surface area contributed by atoms with Crippen molar-refractivity contribution in [3.8, 4) is 11.5 Å². The minimum Gasteiger partial charge on any atom is -0.493 e. The fourth-order valence-corrected chi connectivity index (χ4v) is 2.42. The number of ketones is 1. The number of hydrogen-bond donors (Lipinski definition) is 1. The number of carbonyl (C=O) groups excluding carboxylic acids is 3. The monoisotopic (exact) mass is 397 g/mol. The quantitative estimate of drug-likeness (QED) is 0.417. The topological polar surface area (TPSA) is 90.9 Å². The van der Waals surface area contributed by atoms with E-state index in [2.05, 4.69) is 5.32 Å². The smallest absolute Gasteiger partial charge is 0.331 e. The molecule has 0 aliphatic rings. The second-order valence-corrected chi connectivity index (χ2v) is 6.15. The number of carbonyl (C=O) groups is 3. The van der Waals surface area contributed by atoms with Gasteiger partial charge in [0.25, 0.3) is 5.91 Å². The average molecular weight is 397 g/mol. The molecule has 2 rings (SSSR count). The molecule has 0 saturated carbocycles. The molecule has 7 heteroatoms. The molecule has 1 N–H and O–H groups in total. The third kappa shape index (κ3) is 6.21. The van der Waals surface area contributed by atoms with Gasteiger partial charge >= 0.3 is 5.97 Å². The third-order valence-corrected chi connectivity index (χ3v) is 4.04. The van der Waals surface area contributed by atoms with E-state index in [9.17, 15) is 14.4 Å². The van der Waals surface area contributed by atoms with Crippen LogP contribution in [0.1, 0.15) is 29.8 Å². The van der Waals surface area contributed by atoms with E-state index in [-0.39, 0.29) is 5.78 Å². The molecule has 2 aromatic carbocycles. The molecule has 29 heavy (non-hydrogen) atoms. The lowest BCUT2D eigenvalue weighted by atomic mass is 10.1. The van der Waals surface area contributed by atoms with Gasteiger partial charge < -0.3 is 19.5 Å². The number of benzene rings is 2. The van der Waals surface area contributed by atoms with Crippen LogP contribution in [0.5, 0.6) is 11.5 Å². The van der Waals surface area contributed by atoms with Crippen molar-refractivity contribution >= 4 is 29.4 Å². The average Bonchev–Trinajstić information content (AvgIpc) is 2.72. The lowest BCUT2D eigenvalue weighted by Gasteiger charge is -2.12. The first-order valence-corrected chi connectivity index (χ1v) is 8.86. The molecule has 2 aromatic rings. The molecule has 0 aromatic heterocycles. The highest BCUT2D eigenvalue weighted by molar-refractivity contribution is 5.98. The summed E-state index contributed by atoms with van der Waals surface area (Å²) >= 11 is 0. The zero-order chi connectivity index (χ0) is 21.4. The van der Waals surface area contributed by atoms with Crippen molar-refractivity contribution in [3.05, 3.63) is 59.7 Å². The van der Waals surface area contributed by atoms with Gasteiger partial charge in [0.05, 0.1) is 14.2 Å². The Hall–Kier alpha value is -3.61. The van der Waals surface area contributed by atoms with E-state index in [1.165, 1.54) is 34.1 Å². The summed E-state index contributed by atoms with van der Waals surface area (Å²) in [5.74, 6) is -0.0883. The Labute approximate surface area is 169 Å². The molecule has 0 saturated heterocycles. The summed E-state index contributed by atoms with van der Waals surface area (Å²) in [6.45, 7) is 2.94. The van der Waals surface area contributed by atoms with Crippen LogP contribution < -0.4 is 14.8 Å². The standard InChI is InChI=1S/C22H23NO6/c1-14(24)17-7-9-18(10-8-17)23-22(26)15(2)29-21(25)12-6-16-5-11-19(27-3)20(13-16)28-4/h5-13,15H,1-4H3,(H,23,26)/b12-6+/t15-/m1/s1. The molecule has 0 heterocycles. The molecule has 152 valence electrons. The minimum atomic E-state index is -0.995. The molecule has 0 radical (unpaired) electrons. The maximum Gasteiger partial charge on any atom is 0.331 e. The fourth-order valence-electron chi connectivity index (χ4n) is 2.42. The SMILES string of the molecule is COc1ccc(/C=C/C(=O)O[C@H](C)C(=O)Nc2ccc(C(C)=O)cc2)cc1OC. The lowest BCUT2D eigenvalue weighted by Crippen LogP contribution is -2.29. The minimum absolute atomic E-state index is 0.0635.